The molecule has 0 saturated heterocycles. The van der Waals surface area contributed by atoms with Gasteiger partial charge in [-0.15, -0.1) is 12.4 Å². The average Bonchev–Trinajstić information content (AvgIpc) is 2.17. The number of hydrogen-bond donors (Lipinski definition) is 1. The number of rotatable bonds is 2. The standard InChI is InChI=1S/C12H12ClF4N.ClH/c13-9-5-7(12(15,16)17)4-8(10(9)14)11(18)6-2-1-3-6;/h4-6,11H,1-3,18H2;1H/t11-;/m1./s1. The third-order valence-electron chi connectivity index (χ3n) is 3.40. The molecular formula is C12H13Cl2F4N. The molecule has 0 bridgehead atoms. The van der Waals surface area contributed by atoms with E-state index in [1.165, 1.54) is 0 Å². The van der Waals surface area contributed by atoms with E-state index in [0.29, 0.717) is 6.07 Å². The van der Waals surface area contributed by atoms with Gasteiger partial charge in [0.2, 0.25) is 0 Å². The summed E-state index contributed by atoms with van der Waals surface area (Å²) in [5, 5.41) is -0.533. The average molecular weight is 318 g/mol. The highest BCUT2D eigenvalue weighted by Gasteiger charge is 2.34. The van der Waals surface area contributed by atoms with E-state index < -0.39 is 28.6 Å². The lowest BCUT2D eigenvalue weighted by atomic mass is 9.77. The summed E-state index contributed by atoms with van der Waals surface area (Å²) < 4.78 is 51.6. The molecule has 19 heavy (non-hydrogen) atoms. The summed E-state index contributed by atoms with van der Waals surface area (Å²) in [6, 6.07) is 0.636. The summed E-state index contributed by atoms with van der Waals surface area (Å²) >= 11 is 5.50. The van der Waals surface area contributed by atoms with Gasteiger partial charge in [-0.3, -0.25) is 0 Å². The molecule has 1 nitrogen and oxygen atoms in total. The van der Waals surface area contributed by atoms with E-state index in [-0.39, 0.29) is 23.9 Å². The lowest BCUT2D eigenvalue weighted by Crippen LogP contribution is -2.28. The highest BCUT2D eigenvalue weighted by Crippen LogP contribution is 2.40. The second-order valence-electron chi connectivity index (χ2n) is 4.58. The molecule has 0 aromatic heterocycles. The predicted octanol–water partition coefficient (Wildman–Crippen LogP) is 4.72. The third kappa shape index (κ3) is 3.33. The molecule has 1 fully saturated rings. The molecule has 0 spiro atoms. The van der Waals surface area contributed by atoms with E-state index in [9.17, 15) is 17.6 Å². The zero-order valence-electron chi connectivity index (χ0n) is 9.81. The fraction of sp³-hybridized carbons (Fsp3) is 0.500. The summed E-state index contributed by atoms with van der Waals surface area (Å²) in [5.74, 6) is -0.803. The van der Waals surface area contributed by atoms with Gasteiger partial charge < -0.3 is 5.73 Å². The molecule has 108 valence electrons. The van der Waals surface area contributed by atoms with Gasteiger partial charge in [-0.25, -0.2) is 4.39 Å². The second-order valence-corrected chi connectivity index (χ2v) is 4.98. The van der Waals surface area contributed by atoms with Gasteiger partial charge in [0, 0.05) is 11.6 Å². The quantitative estimate of drug-likeness (QED) is 0.785. The van der Waals surface area contributed by atoms with Crippen molar-refractivity contribution in [3.63, 3.8) is 0 Å². The molecule has 1 aromatic carbocycles. The molecule has 1 aromatic rings. The fourth-order valence-electron chi connectivity index (χ4n) is 2.07. The molecule has 0 heterocycles. The van der Waals surface area contributed by atoms with Crippen LogP contribution in [0.2, 0.25) is 5.02 Å². The Labute approximate surface area is 119 Å². The smallest absolute Gasteiger partial charge is 0.324 e. The summed E-state index contributed by atoms with van der Waals surface area (Å²) in [7, 11) is 0. The number of benzene rings is 1. The molecule has 0 aliphatic heterocycles. The van der Waals surface area contributed by atoms with E-state index in [2.05, 4.69) is 0 Å². The molecule has 7 heteroatoms. The van der Waals surface area contributed by atoms with Gasteiger partial charge in [0.25, 0.3) is 0 Å². The minimum Gasteiger partial charge on any atom is -0.324 e. The molecule has 0 unspecified atom stereocenters. The van der Waals surface area contributed by atoms with Crippen molar-refractivity contribution in [2.24, 2.45) is 11.7 Å². The predicted molar refractivity (Wildman–Crippen MR) is 67.9 cm³/mol. The summed E-state index contributed by atoms with van der Waals surface area (Å²) in [5.41, 5.74) is 4.72. The van der Waals surface area contributed by atoms with Gasteiger partial charge in [0.15, 0.2) is 0 Å². The summed E-state index contributed by atoms with van der Waals surface area (Å²) in [6.07, 6.45) is -1.94. The van der Waals surface area contributed by atoms with Gasteiger partial charge in [-0.05, 0) is 30.9 Å². The fourth-order valence-corrected chi connectivity index (χ4v) is 2.30. The van der Waals surface area contributed by atoms with E-state index in [4.69, 9.17) is 17.3 Å². The first kappa shape index (κ1) is 16.5. The van der Waals surface area contributed by atoms with Gasteiger partial charge in [0.05, 0.1) is 10.6 Å². The highest BCUT2D eigenvalue weighted by molar-refractivity contribution is 6.30. The van der Waals surface area contributed by atoms with Gasteiger partial charge >= 0.3 is 6.18 Å². The first-order chi connectivity index (χ1) is 8.30. The lowest BCUT2D eigenvalue weighted by molar-refractivity contribution is -0.137. The highest BCUT2D eigenvalue weighted by atomic mass is 35.5. The molecule has 0 radical (unpaired) electrons. The zero-order valence-corrected chi connectivity index (χ0v) is 11.4. The Morgan fingerprint density at radius 2 is 1.84 bits per heavy atom. The van der Waals surface area contributed by atoms with Crippen molar-refractivity contribution in [1.29, 1.82) is 0 Å². The monoisotopic (exact) mass is 317 g/mol. The van der Waals surface area contributed by atoms with Gasteiger partial charge in [-0.1, -0.05) is 18.0 Å². The van der Waals surface area contributed by atoms with Crippen LogP contribution in [0.15, 0.2) is 12.1 Å². The van der Waals surface area contributed by atoms with Crippen LogP contribution in [-0.2, 0) is 6.18 Å². The van der Waals surface area contributed by atoms with Crippen LogP contribution >= 0.6 is 24.0 Å². The number of alkyl halides is 3. The number of nitrogens with two attached hydrogens (primary N) is 1. The Kier molecular flexibility index (Phi) is 5.09. The molecule has 0 amide bonds. The summed E-state index contributed by atoms with van der Waals surface area (Å²) in [6.45, 7) is 0. The Morgan fingerprint density at radius 3 is 2.26 bits per heavy atom. The first-order valence-corrected chi connectivity index (χ1v) is 6.00. The van der Waals surface area contributed by atoms with Crippen molar-refractivity contribution in [3.05, 3.63) is 34.1 Å². The molecule has 2 N–H and O–H groups in total. The van der Waals surface area contributed by atoms with Crippen LogP contribution in [0.3, 0.4) is 0 Å². The van der Waals surface area contributed by atoms with E-state index in [0.717, 1.165) is 25.3 Å². The molecular weight excluding hydrogens is 305 g/mol. The van der Waals surface area contributed by atoms with Crippen LogP contribution in [0.5, 0.6) is 0 Å². The number of halogens is 6. The van der Waals surface area contributed by atoms with E-state index in [1.54, 1.807) is 0 Å². The molecule has 1 aliphatic carbocycles. The van der Waals surface area contributed by atoms with Crippen molar-refractivity contribution in [2.75, 3.05) is 0 Å². The van der Waals surface area contributed by atoms with Crippen LogP contribution in [-0.4, -0.2) is 0 Å². The Bertz CT molecular complexity index is 458. The minimum atomic E-state index is -4.55. The van der Waals surface area contributed by atoms with Crippen molar-refractivity contribution in [3.8, 4) is 0 Å². The zero-order chi connectivity index (χ0) is 13.5. The lowest BCUT2D eigenvalue weighted by Gasteiger charge is -2.32. The molecule has 2 rings (SSSR count). The van der Waals surface area contributed by atoms with Crippen LogP contribution in [0.25, 0.3) is 0 Å². The van der Waals surface area contributed by atoms with Crippen molar-refractivity contribution >= 4 is 24.0 Å². The Balaban J connectivity index is 0.00000180. The first-order valence-electron chi connectivity index (χ1n) is 5.62. The van der Waals surface area contributed by atoms with Gasteiger partial charge in [0.1, 0.15) is 5.82 Å². The third-order valence-corrected chi connectivity index (χ3v) is 3.68. The minimum absolute atomic E-state index is 0. The van der Waals surface area contributed by atoms with Crippen LogP contribution in [0.1, 0.15) is 36.4 Å². The van der Waals surface area contributed by atoms with Crippen molar-refractivity contribution in [1.82, 2.24) is 0 Å². The Hall–Kier alpha value is -0.520. The molecule has 1 atom stereocenters. The van der Waals surface area contributed by atoms with Crippen molar-refractivity contribution in [2.45, 2.75) is 31.5 Å². The summed E-state index contributed by atoms with van der Waals surface area (Å²) in [4.78, 5) is 0. The SMILES string of the molecule is Cl.N[C@@H](c1cc(C(F)(F)F)cc(Cl)c1F)C1CCC1. The van der Waals surface area contributed by atoms with Crippen LogP contribution < -0.4 is 5.73 Å². The maximum atomic E-state index is 13.8. The van der Waals surface area contributed by atoms with Crippen LogP contribution in [0.4, 0.5) is 17.6 Å². The Morgan fingerprint density at radius 1 is 1.26 bits per heavy atom. The van der Waals surface area contributed by atoms with Gasteiger partial charge in [-0.2, -0.15) is 13.2 Å². The topological polar surface area (TPSA) is 26.0 Å². The maximum Gasteiger partial charge on any atom is 0.416 e. The number of hydrogen-bond acceptors (Lipinski definition) is 1. The van der Waals surface area contributed by atoms with E-state index in [1.807, 2.05) is 0 Å². The second kappa shape index (κ2) is 5.85. The van der Waals surface area contributed by atoms with Crippen molar-refractivity contribution < 1.29 is 17.6 Å². The van der Waals surface area contributed by atoms with Crippen LogP contribution in [0, 0.1) is 11.7 Å². The largest absolute Gasteiger partial charge is 0.416 e. The maximum absolute atomic E-state index is 13.8. The van der Waals surface area contributed by atoms with E-state index >= 15 is 0 Å². The molecule has 1 saturated carbocycles. The normalized spacial score (nSPS) is 17.6. The molecule has 1 aliphatic rings.